The van der Waals surface area contributed by atoms with E-state index in [0.717, 1.165) is 12.4 Å². The Labute approximate surface area is 96.9 Å². The molecule has 90 valence electrons. The van der Waals surface area contributed by atoms with Gasteiger partial charge in [0.15, 0.2) is 0 Å². The molecule has 1 heterocycles. The summed E-state index contributed by atoms with van der Waals surface area (Å²) in [6.07, 6.45) is 2.21. The summed E-state index contributed by atoms with van der Waals surface area (Å²) in [4.78, 5) is 0. The molecule has 0 amide bonds. The second-order valence-corrected chi connectivity index (χ2v) is 3.50. The van der Waals surface area contributed by atoms with Gasteiger partial charge in [-0.05, 0) is 12.1 Å². The van der Waals surface area contributed by atoms with E-state index < -0.39 is 0 Å². The highest BCUT2D eigenvalue weighted by Crippen LogP contribution is 2.22. The van der Waals surface area contributed by atoms with Crippen molar-refractivity contribution in [3.63, 3.8) is 0 Å². The van der Waals surface area contributed by atoms with Gasteiger partial charge in [0.05, 0.1) is 6.61 Å². The van der Waals surface area contributed by atoms with Gasteiger partial charge in [0.25, 0.3) is 0 Å². The van der Waals surface area contributed by atoms with Crippen LogP contribution in [0.15, 0.2) is 24.5 Å². The van der Waals surface area contributed by atoms with Crippen LogP contribution in [0.4, 0.5) is 11.4 Å². The van der Waals surface area contributed by atoms with E-state index in [1.807, 2.05) is 0 Å². The molecule has 0 unspecified atom stereocenters. The Bertz CT molecular complexity index is 550. The van der Waals surface area contributed by atoms with Gasteiger partial charge in [0, 0.05) is 6.54 Å². The summed E-state index contributed by atoms with van der Waals surface area (Å²) < 4.78 is 1.11. The summed E-state index contributed by atoms with van der Waals surface area (Å²) in [6.45, 7) is 0.210. The summed E-state index contributed by atoms with van der Waals surface area (Å²) in [5.74, 6) is 0. The number of benzene rings is 1. The zero-order valence-corrected chi connectivity index (χ0v) is 8.96. The van der Waals surface area contributed by atoms with Crippen LogP contribution in [-0.2, 0) is 0 Å². The van der Waals surface area contributed by atoms with E-state index in [0.29, 0.717) is 15.1 Å². The molecule has 0 atom stereocenters. The van der Waals surface area contributed by atoms with Crippen LogP contribution in [0, 0.1) is 10.4 Å². The second-order valence-electron chi connectivity index (χ2n) is 3.50. The smallest absolute Gasteiger partial charge is 0.315 e. The number of nitrogens with one attached hydrogen (secondary N) is 1. The number of fused-ring (bicyclic) bond motifs is 1. The molecule has 1 aromatic heterocycles. The lowest BCUT2D eigenvalue weighted by molar-refractivity contribution is -0.628. The highest BCUT2D eigenvalue weighted by atomic mass is 16.5. The minimum Gasteiger partial charge on any atom is -0.618 e. The van der Waals surface area contributed by atoms with Crippen LogP contribution in [0.25, 0.3) is 11.0 Å². The van der Waals surface area contributed by atoms with Crippen LogP contribution < -0.4 is 20.5 Å². The first-order chi connectivity index (χ1) is 8.15. The van der Waals surface area contributed by atoms with E-state index in [4.69, 9.17) is 10.8 Å². The average Bonchev–Trinajstić information content (AvgIpc) is 2.32. The molecule has 0 aliphatic heterocycles. The minimum atomic E-state index is -0.0745. The number of hydrogen-bond donors (Lipinski definition) is 3. The lowest BCUT2D eigenvalue weighted by Gasteiger charge is -2.09. The number of aliphatic hydroxyl groups is 1. The van der Waals surface area contributed by atoms with Crippen LogP contribution >= 0.6 is 0 Å². The molecular formula is C10H12N4O3. The van der Waals surface area contributed by atoms with Crippen molar-refractivity contribution in [3.05, 3.63) is 34.9 Å². The fourth-order valence-electron chi connectivity index (χ4n) is 1.65. The Morgan fingerprint density at radius 3 is 2.47 bits per heavy atom. The fourth-order valence-corrected chi connectivity index (χ4v) is 1.65. The molecule has 0 fully saturated rings. The topological polar surface area (TPSA) is 112 Å². The van der Waals surface area contributed by atoms with Gasteiger partial charge in [-0.1, -0.05) is 0 Å². The predicted molar refractivity (Wildman–Crippen MR) is 61.9 cm³/mol. The van der Waals surface area contributed by atoms with Crippen molar-refractivity contribution in [3.8, 4) is 0 Å². The first kappa shape index (κ1) is 11.2. The van der Waals surface area contributed by atoms with Crippen molar-refractivity contribution in [2.45, 2.75) is 0 Å². The number of aliphatic hydroxyl groups excluding tert-OH is 1. The van der Waals surface area contributed by atoms with E-state index in [1.54, 1.807) is 6.07 Å². The Balaban J connectivity index is 2.70. The maximum Gasteiger partial charge on any atom is 0.315 e. The van der Waals surface area contributed by atoms with Gasteiger partial charge in [-0.2, -0.15) is 9.46 Å². The van der Waals surface area contributed by atoms with E-state index >= 15 is 0 Å². The molecule has 7 heteroatoms. The largest absolute Gasteiger partial charge is 0.618 e. The lowest BCUT2D eigenvalue weighted by Crippen LogP contribution is -2.38. The Morgan fingerprint density at radius 1 is 1.18 bits per heavy atom. The number of hydrogen-bond acceptors (Lipinski definition) is 5. The molecule has 0 aliphatic carbocycles. The fraction of sp³-hybridized carbons (Fsp3) is 0.200. The van der Waals surface area contributed by atoms with Crippen LogP contribution in [0.5, 0.6) is 0 Å². The molecule has 0 bridgehead atoms. The van der Waals surface area contributed by atoms with Gasteiger partial charge in [0.1, 0.15) is 11.4 Å². The van der Waals surface area contributed by atoms with E-state index in [1.165, 1.54) is 6.07 Å². The van der Waals surface area contributed by atoms with Crippen molar-refractivity contribution in [1.82, 2.24) is 0 Å². The Hall–Kier alpha value is -2.28. The van der Waals surface area contributed by atoms with Crippen molar-refractivity contribution in [2.24, 2.45) is 0 Å². The third-order valence-corrected chi connectivity index (χ3v) is 2.39. The summed E-state index contributed by atoms with van der Waals surface area (Å²) in [7, 11) is 0. The molecule has 0 aliphatic rings. The highest BCUT2D eigenvalue weighted by Gasteiger charge is 2.20. The molecule has 2 aromatic rings. The average molecular weight is 236 g/mol. The number of rotatable bonds is 3. The van der Waals surface area contributed by atoms with Gasteiger partial charge >= 0.3 is 11.0 Å². The predicted octanol–water partition coefficient (Wildman–Crippen LogP) is -0.907. The number of anilines is 2. The van der Waals surface area contributed by atoms with E-state index in [2.05, 4.69) is 5.32 Å². The molecule has 7 nitrogen and oxygen atoms in total. The van der Waals surface area contributed by atoms with Gasteiger partial charge in [-0.3, -0.25) is 0 Å². The maximum atomic E-state index is 11.7. The van der Waals surface area contributed by atoms with Crippen LogP contribution in [0.2, 0.25) is 0 Å². The molecule has 0 spiro atoms. The van der Waals surface area contributed by atoms with Crippen molar-refractivity contribution >= 4 is 22.4 Å². The number of nitrogen functional groups attached to an aromatic ring is 1. The summed E-state index contributed by atoms with van der Waals surface area (Å²) >= 11 is 0. The standard InChI is InChI=1S/C10H12N4O3/c11-7-1-2-8(12-3-6-15)10-9(7)13(16)4-5-14(10)17/h1-2,4-5,12,15H,3,6,11H2. The van der Waals surface area contributed by atoms with E-state index in [9.17, 15) is 10.4 Å². The third-order valence-electron chi connectivity index (χ3n) is 2.39. The van der Waals surface area contributed by atoms with Crippen LogP contribution in [-0.4, -0.2) is 18.3 Å². The second kappa shape index (κ2) is 4.30. The lowest BCUT2D eigenvalue weighted by atomic mass is 10.2. The zero-order valence-electron chi connectivity index (χ0n) is 8.96. The van der Waals surface area contributed by atoms with Gasteiger partial charge < -0.3 is 26.6 Å². The van der Waals surface area contributed by atoms with E-state index in [-0.39, 0.29) is 29.9 Å². The monoisotopic (exact) mass is 236 g/mol. The molecule has 0 saturated carbocycles. The summed E-state index contributed by atoms with van der Waals surface area (Å²) in [6, 6.07) is 3.14. The summed E-state index contributed by atoms with van der Waals surface area (Å²) in [5, 5.41) is 34.9. The molecule has 1 aromatic carbocycles. The normalized spacial score (nSPS) is 10.6. The van der Waals surface area contributed by atoms with Crippen molar-refractivity contribution < 1.29 is 14.6 Å². The van der Waals surface area contributed by atoms with Gasteiger partial charge in [-0.15, -0.1) is 0 Å². The first-order valence-electron chi connectivity index (χ1n) is 5.03. The first-order valence-corrected chi connectivity index (χ1v) is 5.03. The molecule has 17 heavy (non-hydrogen) atoms. The Kier molecular flexibility index (Phi) is 2.84. The van der Waals surface area contributed by atoms with Gasteiger partial charge in [0.2, 0.25) is 12.4 Å². The van der Waals surface area contributed by atoms with Gasteiger partial charge in [-0.25, -0.2) is 0 Å². The number of nitrogens with zero attached hydrogens (tertiary/aromatic N) is 2. The zero-order chi connectivity index (χ0) is 12.4. The number of nitrogens with two attached hydrogens (primary N) is 1. The molecule has 0 saturated heterocycles. The molecule has 0 radical (unpaired) electrons. The summed E-state index contributed by atoms with van der Waals surface area (Å²) in [5.41, 5.74) is 6.65. The van der Waals surface area contributed by atoms with Crippen LogP contribution in [0.3, 0.4) is 0 Å². The molecule has 4 N–H and O–H groups in total. The third kappa shape index (κ3) is 1.87. The number of aromatic nitrogens is 2. The Morgan fingerprint density at radius 2 is 1.82 bits per heavy atom. The van der Waals surface area contributed by atoms with Crippen molar-refractivity contribution in [2.75, 3.05) is 24.2 Å². The SMILES string of the molecule is Nc1ccc(NCCO)c2c1[n+]([O-])cc[n+]2[O-]. The van der Waals surface area contributed by atoms with Crippen molar-refractivity contribution in [1.29, 1.82) is 0 Å². The molecular weight excluding hydrogens is 224 g/mol. The maximum absolute atomic E-state index is 11.7. The quantitative estimate of drug-likeness (QED) is 0.363. The highest BCUT2D eigenvalue weighted by molar-refractivity contribution is 5.91. The molecule has 2 rings (SSSR count). The van der Waals surface area contributed by atoms with Crippen LogP contribution in [0.1, 0.15) is 0 Å². The minimum absolute atomic E-state index is 0.0745.